The topological polar surface area (TPSA) is 48.1 Å². The zero-order valence-corrected chi connectivity index (χ0v) is 16.5. The van der Waals surface area contributed by atoms with Crippen LogP contribution in [0.25, 0.3) is 16.5 Å². The molecule has 4 nitrogen and oxygen atoms in total. The van der Waals surface area contributed by atoms with Crippen LogP contribution in [-0.2, 0) is 0 Å². The van der Waals surface area contributed by atoms with Crippen molar-refractivity contribution in [3.63, 3.8) is 0 Å². The monoisotopic (exact) mass is 373 g/mol. The fraction of sp³-hybridized carbons (Fsp3) is 0.292. The van der Waals surface area contributed by atoms with E-state index in [4.69, 9.17) is 0 Å². The molecule has 0 radical (unpaired) electrons. The van der Waals surface area contributed by atoms with Crippen LogP contribution in [0.5, 0.6) is 0 Å². The molecule has 2 heterocycles. The van der Waals surface area contributed by atoms with E-state index in [0.717, 1.165) is 36.1 Å². The predicted octanol–water partition coefficient (Wildman–Crippen LogP) is 5.31. The molecule has 1 aliphatic heterocycles. The third-order valence-corrected chi connectivity index (χ3v) is 5.78. The van der Waals surface area contributed by atoms with Crippen LogP contribution >= 0.6 is 0 Å². The van der Waals surface area contributed by atoms with Crippen molar-refractivity contribution in [2.24, 2.45) is 0 Å². The Morgan fingerprint density at radius 1 is 1.21 bits per heavy atom. The molecule has 4 heteroatoms. The molecule has 0 fully saturated rings. The number of amides is 1. The van der Waals surface area contributed by atoms with Crippen molar-refractivity contribution in [1.82, 2.24) is 9.88 Å². The highest BCUT2D eigenvalue weighted by atomic mass is 16.1. The van der Waals surface area contributed by atoms with E-state index in [0.29, 0.717) is 11.6 Å². The van der Waals surface area contributed by atoms with Crippen LogP contribution in [0.2, 0.25) is 0 Å². The highest BCUT2D eigenvalue weighted by molar-refractivity contribution is 6.05. The molecular weight excluding hydrogens is 346 g/mol. The molecule has 2 N–H and O–H groups in total. The number of anilines is 1. The number of hydrogen-bond acceptors (Lipinski definition) is 2. The van der Waals surface area contributed by atoms with Gasteiger partial charge in [-0.1, -0.05) is 31.2 Å². The second kappa shape index (κ2) is 8.03. The van der Waals surface area contributed by atoms with Gasteiger partial charge < -0.3 is 10.3 Å². The van der Waals surface area contributed by atoms with Gasteiger partial charge >= 0.3 is 0 Å². The van der Waals surface area contributed by atoms with Crippen molar-refractivity contribution in [2.45, 2.75) is 32.7 Å². The lowest BCUT2D eigenvalue weighted by Crippen LogP contribution is -2.35. The summed E-state index contributed by atoms with van der Waals surface area (Å²) in [5.41, 5.74) is 5.21. The fourth-order valence-corrected chi connectivity index (χ4v) is 3.84. The molecule has 1 aromatic heterocycles. The first kappa shape index (κ1) is 18.5. The average molecular weight is 374 g/mol. The molecule has 1 amide bonds. The zero-order chi connectivity index (χ0) is 19.5. The van der Waals surface area contributed by atoms with Gasteiger partial charge in [-0.15, -0.1) is 0 Å². The van der Waals surface area contributed by atoms with Gasteiger partial charge in [-0.3, -0.25) is 9.69 Å². The SMILES string of the molecule is CCC(C)N1CC=C(c2c[nH]c3ccc(NC(=O)c4ccccc4)cc23)CC1. The number of aromatic amines is 1. The third kappa shape index (κ3) is 3.73. The largest absolute Gasteiger partial charge is 0.361 e. The van der Waals surface area contributed by atoms with Crippen molar-refractivity contribution >= 4 is 28.1 Å². The molecular formula is C24H27N3O. The molecule has 3 aromatic rings. The highest BCUT2D eigenvalue weighted by Crippen LogP contribution is 2.31. The maximum Gasteiger partial charge on any atom is 0.255 e. The lowest BCUT2D eigenvalue weighted by Gasteiger charge is -2.31. The van der Waals surface area contributed by atoms with Crippen LogP contribution in [-0.4, -0.2) is 34.9 Å². The number of aromatic nitrogens is 1. The lowest BCUT2D eigenvalue weighted by molar-refractivity contribution is 0.102. The van der Waals surface area contributed by atoms with E-state index in [-0.39, 0.29) is 5.91 Å². The number of benzene rings is 2. The van der Waals surface area contributed by atoms with Crippen LogP contribution < -0.4 is 5.32 Å². The number of fused-ring (bicyclic) bond motifs is 1. The molecule has 0 spiro atoms. The Labute approximate surface area is 166 Å². The standard InChI is InChI=1S/C24H27N3O/c1-3-17(2)27-13-11-18(12-14-27)22-16-25-23-10-9-20(15-21(22)23)26-24(28)19-7-5-4-6-8-19/h4-11,15-17,25H,3,12-14H2,1-2H3,(H,26,28). The minimum Gasteiger partial charge on any atom is -0.361 e. The molecule has 0 bridgehead atoms. The summed E-state index contributed by atoms with van der Waals surface area (Å²) in [6.45, 7) is 6.64. The number of carbonyl (C=O) groups is 1. The molecule has 144 valence electrons. The van der Waals surface area contributed by atoms with Gasteiger partial charge in [0, 0.05) is 53.0 Å². The molecule has 1 unspecified atom stereocenters. The first-order valence-electron chi connectivity index (χ1n) is 10.1. The number of nitrogens with one attached hydrogen (secondary N) is 2. The van der Waals surface area contributed by atoms with Crippen LogP contribution in [0.4, 0.5) is 5.69 Å². The van der Waals surface area contributed by atoms with Crippen molar-refractivity contribution in [2.75, 3.05) is 18.4 Å². The normalized spacial score (nSPS) is 16.0. The minimum absolute atomic E-state index is 0.0851. The smallest absolute Gasteiger partial charge is 0.255 e. The summed E-state index contributed by atoms with van der Waals surface area (Å²) >= 11 is 0. The van der Waals surface area contributed by atoms with Gasteiger partial charge in [-0.05, 0) is 55.7 Å². The van der Waals surface area contributed by atoms with Crippen molar-refractivity contribution < 1.29 is 4.79 Å². The summed E-state index contributed by atoms with van der Waals surface area (Å²) in [5, 5.41) is 4.18. The van der Waals surface area contributed by atoms with Crippen LogP contribution in [0, 0.1) is 0 Å². The zero-order valence-electron chi connectivity index (χ0n) is 16.5. The van der Waals surface area contributed by atoms with E-state index < -0.39 is 0 Å². The van der Waals surface area contributed by atoms with Gasteiger partial charge in [0.1, 0.15) is 0 Å². The van der Waals surface area contributed by atoms with Crippen molar-refractivity contribution in [3.05, 3.63) is 71.9 Å². The van der Waals surface area contributed by atoms with Crippen LogP contribution in [0.1, 0.15) is 42.6 Å². The summed E-state index contributed by atoms with van der Waals surface area (Å²) < 4.78 is 0. The molecule has 1 aliphatic rings. The van der Waals surface area contributed by atoms with Gasteiger partial charge in [0.15, 0.2) is 0 Å². The number of nitrogens with zero attached hydrogens (tertiary/aromatic N) is 1. The molecule has 28 heavy (non-hydrogen) atoms. The Balaban J connectivity index is 1.57. The fourth-order valence-electron chi connectivity index (χ4n) is 3.84. The summed E-state index contributed by atoms with van der Waals surface area (Å²) in [7, 11) is 0. The average Bonchev–Trinajstić information content (AvgIpc) is 3.17. The van der Waals surface area contributed by atoms with Gasteiger partial charge in [0.2, 0.25) is 0 Å². The van der Waals surface area contributed by atoms with Gasteiger partial charge in [-0.25, -0.2) is 0 Å². The third-order valence-electron chi connectivity index (χ3n) is 5.78. The molecule has 1 atom stereocenters. The minimum atomic E-state index is -0.0851. The van der Waals surface area contributed by atoms with Crippen LogP contribution in [0.3, 0.4) is 0 Å². The van der Waals surface area contributed by atoms with Crippen molar-refractivity contribution in [1.29, 1.82) is 0 Å². The molecule has 0 saturated heterocycles. The number of H-pyrrole nitrogens is 1. The summed E-state index contributed by atoms with van der Waals surface area (Å²) in [6, 6.07) is 16.0. The van der Waals surface area contributed by atoms with E-state index in [2.05, 4.69) is 47.4 Å². The quantitative estimate of drug-likeness (QED) is 0.637. The van der Waals surface area contributed by atoms with E-state index >= 15 is 0 Å². The molecule has 4 rings (SSSR count). The summed E-state index contributed by atoms with van der Waals surface area (Å²) in [5.74, 6) is -0.0851. The van der Waals surface area contributed by atoms with Gasteiger partial charge in [-0.2, -0.15) is 0 Å². The van der Waals surface area contributed by atoms with E-state index in [9.17, 15) is 4.79 Å². The Morgan fingerprint density at radius 2 is 2.04 bits per heavy atom. The summed E-state index contributed by atoms with van der Waals surface area (Å²) in [4.78, 5) is 18.4. The Kier molecular flexibility index (Phi) is 5.31. The highest BCUT2D eigenvalue weighted by Gasteiger charge is 2.18. The first-order valence-corrected chi connectivity index (χ1v) is 10.1. The second-order valence-electron chi connectivity index (χ2n) is 7.51. The number of carbonyl (C=O) groups excluding carboxylic acids is 1. The molecule has 0 saturated carbocycles. The van der Waals surface area contributed by atoms with Gasteiger partial charge in [0.05, 0.1) is 0 Å². The first-order chi connectivity index (χ1) is 13.7. The maximum absolute atomic E-state index is 12.5. The van der Waals surface area contributed by atoms with Crippen LogP contribution in [0.15, 0.2) is 60.8 Å². The maximum atomic E-state index is 12.5. The molecule has 2 aromatic carbocycles. The Bertz CT molecular complexity index is 1000. The lowest BCUT2D eigenvalue weighted by atomic mass is 9.97. The van der Waals surface area contributed by atoms with E-state index in [1.165, 1.54) is 17.6 Å². The van der Waals surface area contributed by atoms with E-state index in [1.807, 2.05) is 42.5 Å². The van der Waals surface area contributed by atoms with Crippen molar-refractivity contribution in [3.8, 4) is 0 Å². The van der Waals surface area contributed by atoms with Gasteiger partial charge in [0.25, 0.3) is 5.91 Å². The number of rotatable bonds is 5. The van der Waals surface area contributed by atoms with E-state index in [1.54, 1.807) is 0 Å². The Morgan fingerprint density at radius 3 is 2.75 bits per heavy atom. The predicted molar refractivity (Wildman–Crippen MR) is 117 cm³/mol. The Hall–Kier alpha value is -2.85. The number of hydrogen-bond donors (Lipinski definition) is 2. The summed E-state index contributed by atoms with van der Waals surface area (Å²) in [6.07, 6.45) is 6.68. The second-order valence-corrected chi connectivity index (χ2v) is 7.51. The molecule has 0 aliphatic carbocycles.